The van der Waals surface area contributed by atoms with Crippen LogP contribution in [0.5, 0.6) is 11.5 Å². The molecule has 5 nitrogen and oxygen atoms in total. The second-order valence-electron chi connectivity index (χ2n) is 5.67. The molecule has 1 fully saturated rings. The second-order valence-corrected chi connectivity index (χ2v) is 5.67. The van der Waals surface area contributed by atoms with Crippen LogP contribution in [-0.2, 0) is 11.2 Å². The van der Waals surface area contributed by atoms with Gasteiger partial charge in [0.15, 0.2) is 6.10 Å². The van der Waals surface area contributed by atoms with Crippen LogP contribution in [0.15, 0.2) is 18.2 Å². The van der Waals surface area contributed by atoms with Crippen molar-refractivity contribution in [1.82, 2.24) is 4.90 Å². The van der Waals surface area contributed by atoms with Gasteiger partial charge in [-0.2, -0.15) is 0 Å². The maximum atomic E-state index is 10.9. The summed E-state index contributed by atoms with van der Waals surface area (Å²) in [7, 11) is 0. The van der Waals surface area contributed by atoms with E-state index in [0.29, 0.717) is 18.8 Å². The molecule has 1 unspecified atom stereocenters. The average Bonchev–Trinajstić information content (AvgIpc) is 3.12. The number of fused-ring (bicyclic) bond motifs is 1. The molecule has 0 saturated carbocycles. The Morgan fingerprint density at radius 3 is 2.95 bits per heavy atom. The van der Waals surface area contributed by atoms with Crippen LogP contribution in [0.2, 0.25) is 0 Å². The SMILES string of the molecule is O=C(O)C1Cc2ccc(OCCCN3CCCC3)cc2O1. The molecule has 21 heavy (non-hydrogen) atoms. The Morgan fingerprint density at radius 2 is 2.19 bits per heavy atom. The standard InChI is InChI=1S/C16H21NO4/c18-16(19)15-10-12-4-5-13(11-14(12)21-15)20-9-3-8-17-6-1-2-7-17/h4-5,11,15H,1-3,6-10H2,(H,18,19). The van der Waals surface area contributed by atoms with Gasteiger partial charge in [0, 0.05) is 19.0 Å². The van der Waals surface area contributed by atoms with Gasteiger partial charge in [0.1, 0.15) is 11.5 Å². The average molecular weight is 291 g/mol. The van der Waals surface area contributed by atoms with Crippen molar-refractivity contribution in [3.8, 4) is 11.5 Å². The Labute approximate surface area is 124 Å². The van der Waals surface area contributed by atoms with Crippen LogP contribution in [-0.4, -0.2) is 48.3 Å². The molecule has 5 heteroatoms. The molecule has 2 heterocycles. The van der Waals surface area contributed by atoms with Gasteiger partial charge in [-0.05, 0) is 44.0 Å². The minimum absolute atomic E-state index is 0.430. The number of carbonyl (C=O) groups is 1. The van der Waals surface area contributed by atoms with Crippen molar-refractivity contribution in [2.24, 2.45) is 0 Å². The van der Waals surface area contributed by atoms with E-state index in [0.717, 1.165) is 24.3 Å². The number of ether oxygens (including phenoxy) is 2. The largest absolute Gasteiger partial charge is 0.493 e. The highest BCUT2D eigenvalue weighted by atomic mass is 16.5. The summed E-state index contributed by atoms with van der Waals surface area (Å²) in [5.41, 5.74) is 0.937. The Kier molecular flexibility index (Phi) is 4.29. The van der Waals surface area contributed by atoms with Crippen LogP contribution >= 0.6 is 0 Å². The van der Waals surface area contributed by atoms with E-state index < -0.39 is 12.1 Å². The van der Waals surface area contributed by atoms with E-state index in [-0.39, 0.29) is 0 Å². The smallest absolute Gasteiger partial charge is 0.345 e. The molecule has 1 N–H and O–H groups in total. The molecule has 0 aromatic heterocycles. The van der Waals surface area contributed by atoms with E-state index in [1.807, 2.05) is 12.1 Å². The molecule has 114 valence electrons. The van der Waals surface area contributed by atoms with Crippen LogP contribution in [0.4, 0.5) is 0 Å². The monoisotopic (exact) mass is 291 g/mol. The van der Waals surface area contributed by atoms with Crippen molar-refractivity contribution in [3.63, 3.8) is 0 Å². The van der Waals surface area contributed by atoms with E-state index in [4.69, 9.17) is 14.6 Å². The minimum Gasteiger partial charge on any atom is -0.493 e. The third-order valence-electron chi connectivity index (χ3n) is 4.07. The first-order valence-electron chi connectivity index (χ1n) is 7.60. The number of carboxylic acid groups (broad SMARTS) is 1. The van der Waals surface area contributed by atoms with Crippen molar-refractivity contribution in [3.05, 3.63) is 23.8 Å². The molecule has 1 saturated heterocycles. The molecule has 2 aliphatic heterocycles. The fourth-order valence-corrected chi connectivity index (χ4v) is 2.92. The lowest BCUT2D eigenvalue weighted by Gasteiger charge is -2.14. The summed E-state index contributed by atoms with van der Waals surface area (Å²) in [5, 5.41) is 8.97. The Morgan fingerprint density at radius 1 is 1.38 bits per heavy atom. The third-order valence-corrected chi connectivity index (χ3v) is 4.07. The van der Waals surface area contributed by atoms with E-state index in [2.05, 4.69) is 4.90 Å². The van der Waals surface area contributed by atoms with Crippen molar-refractivity contribution < 1.29 is 19.4 Å². The summed E-state index contributed by atoms with van der Waals surface area (Å²) in [6.07, 6.45) is 3.31. The highest BCUT2D eigenvalue weighted by molar-refractivity contribution is 5.74. The summed E-state index contributed by atoms with van der Waals surface area (Å²) >= 11 is 0. The van der Waals surface area contributed by atoms with Crippen LogP contribution in [0, 0.1) is 0 Å². The molecular weight excluding hydrogens is 270 g/mol. The van der Waals surface area contributed by atoms with E-state index in [1.165, 1.54) is 25.9 Å². The van der Waals surface area contributed by atoms with Gasteiger partial charge >= 0.3 is 5.97 Å². The van der Waals surface area contributed by atoms with Gasteiger partial charge in [-0.25, -0.2) is 4.79 Å². The highest BCUT2D eigenvalue weighted by Crippen LogP contribution is 2.32. The third kappa shape index (κ3) is 3.47. The molecule has 0 aliphatic carbocycles. The summed E-state index contributed by atoms with van der Waals surface area (Å²) in [4.78, 5) is 13.4. The second kappa shape index (κ2) is 6.35. The molecule has 0 amide bonds. The molecule has 0 spiro atoms. The zero-order chi connectivity index (χ0) is 14.7. The minimum atomic E-state index is -0.917. The fraction of sp³-hybridized carbons (Fsp3) is 0.562. The fourth-order valence-electron chi connectivity index (χ4n) is 2.92. The normalized spacial score (nSPS) is 21.0. The predicted octanol–water partition coefficient (Wildman–Crippen LogP) is 1.94. The van der Waals surface area contributed by atoms with Crippen molar-refractivity contribution in [1.29, 1.82) is 0 Å². The number of hydrogen-bond acceptors (Lipinski definition) is 4. The summed E-state index contributed by atoms with van der Waals surface area (Å²) < 4.78 is 11.1. The molecule has 1 aromatic rings. The van der Waals surface area contributed by atoms with Gasteiger partial charge in [0.2, 0.25) is 0 Å². The lowest BCUT2D eigenvalue weighted by Crippen LogP contribution is -2.24. The summed E-state index contributed by atoms with van der Waals surface area (Å²) in [6, 6.07) is 5.59. The molecule has 1 aromatic carbocycles. The van der Waals surface area contributed by atoms with E-state index in [9.17, 15) is 4.79 Å². The van der Waals surface area contributed by atoms with Crippen molar-refractivity contribution >= 4 is 5.97 Å². The summed E-state index contributed by atoms with van der Waals surface area (Å²) in [5.74, 6) is 0.472. The number of aliphatic carboxylic acids is 1. The number of benzene rings is 1. The van der Waals surface area contributed by atoms with Crippen LogP contribution in [0.25, 0.3) is 0 Å². The van der Waals surface area contributed by atoms with E-state index in [1.54, 1.807) is 6.07 Å². The molecule has 0 bridgehead atoms. The zero-order valence-corrected chi connectivity index (χ0v) is 12.1. The quantitative estimate of drug-likeness (QED) is 0.812. The number of carboxylic acids is 1. The molecule has 1 atom stereocenters. The summed E-state index contributed by atoms with van der Waals surface area (Å²) in [6.45, 7) is 4.19. The number of likely N-dealkylation sites (tertiary alicyclic amines) is 1. The van der Waals surface area contributed by atoms with Gasteiger partial charge < -0.3 is 19.5 Å². The first-order chi connectivity index (χ1) is 10.2. The maximum Gasteiger partial charge on any atom is 0.345 e. The Balaban J connectivity index is 1.47. The van der Waals surface area contributed by atoms with Crippen LogP contribution in [0.1, 0.15) is 24.8 Å². The topological polar surface area (TPSA) is 59.0 Å². The number of hydrogen-bond donors (Lipinski definition) is 1. The van der Waals surface area contributed by atoms with Crippen LogP contribution < -0.4 is 9.47 Å². The Bertz CT molecular complexity index is 511. The number of rotatable bonds is 6. The first kappa shape index (κ1) is 14.2. The molecule has 2 aliphatic rings. The van der Waals surface area contributed by atoms with Gasteiger partial charge in [-0.3, -0.25) is 0 Å². The van der Waals surface area contributed by atoms with Gasteiger partial charge in [-0.1, -0.05) is 6.07 Å². The van der Waals surface area contributed by atoms with Crippen LogP contribution in [0.3, 0.4) is 0 Å². The highest BCUT2D eigenvalue weighted by Gasteiger charge is 2.28. The van der Waals surface area contributed by atoms with Gasteiger partial charge in [0.05, 0.1) is 6.61 Å². The van der Waals surface area contributed by atoms with Crippen molar-refractivity contribution in [2.45, 2.75) is 31.8 Å². The van der Waals surface area contributed by atoms with Gasteiger partial charge in [-0.15, -0.1) is 0 Å². The lowest BCUT2D eigenvalue weighted by atomic mass is 10.1. The maximum absolute atomic E-state index is 10.9. The Hall–Kier alpha value is -1.75. The predicted molar refractivity (Wildman–Crippen MR) is 78.0 cm³/mol. The lowest BCUT2D eigenvalue weighted by molar-refractivity contribution is -0.144. The van der Waals surface area contributed by atoms with E-state index >= 15 is 0 Å². The first-order valence-corrected chi connectivity index (χ1v) is 7.60. The molecule has 3 rings (SSSR count). The molecule has 0 radical (unpaired) electrons. The zero-order valence-electron chi connectivity index (χ0n) is 12.1. The van der Waals surface area contributed by atoms with Gasteiger partial charge in [0.25, 0.3) is 0 Å². The van der Waals surface area contributed by atoms with Crippen molar-refractivity contribution in [2.75, 3.05) is 26.2 Å². The molecular formula is C16H21NO4. The number of nitrogens with zero attached hydrogens (tertiary/aromatic N) is 1.